The van der Waals surface area contributed by atoms with Crippen LogP contribution in [0, 0.1) is 19.8 Å². The SMILES string of the molecule is Cc1ccc([C@H](C(=O)NCCC(C)C)N(C(=O)Cn2nnc3ccccc32)c2cccc(C)c2)cc1. The van der Waals surface area contributed by atoms with Gasteiger partial charge in [0.1, 0.15) is 18.1 Å². The highest BCUT2D eigenvalue weighted by molar-refractivity contribution is 6.01. The number of benzene rings is 3. The summed E-state index contributed by atoms with van der Waals surface area (Å²) in [6, 6.07) is 22.1. The number of aryl methyl sites for hydroxylation is 2. The summed E-state index contributed by atoms with van der Waals surface area (Å²) in [5, 5.41) is 11.5. The molecule has 0 radical (unpaired) electrons. The van der Waals surface area contributed by atoms with E-state index in [0.717, 1.165) is 28.6 Å². The van der Waals surface area contributed by atoms with E-state index >= 15 is 0 Å². The predicted octanol–water partition coefficient (Wildman–Crippen LogP) is 4.98. The predicted molar refractivity (Wildman–Crippen MR) is 143 cm³/mol. The van der Waals surface area contributed by atoms with Crippen LogP contribution in [0.5, 0.6) is 0 Å². The van der Waals surface area contributed by atoms with Crippen LogP contribution in [0.3, 0.4) is 0 Å². The Morgan fingerprint density at radius 3 is 2.42 bits per heavy atom. The first-order valence-electron chi connectivity index (χ1n) is 12.3. The molecule has 1 atom stereocenters. The first-order chi connectivity index (χ1) is 17.3. The molecule has 0 bridgehead atoms. The number of para-hydroxylation sites is 1. The number of amides is 2. The number of carbonyl (C=O) groups is 2. The highest BCUT2D eigenvalue weighted by atomic mass is 16.2. The zero-order valence-electron chi connectivity index (χ0n) is 21.3. The van der Waals surface area contributed by atoms with Crippen LogP contribution >= 0.6 is 0 Å². The van der Waals surface area contributed by atoms with Crippen molar-refractivity contribution in [2.45, 2.75) is 46.7 Å². The summed E-state index contributed by atoms with van der Waals surface area (Å²) in [5.74, 6) is -0.00289. The Bertz CT molecular complexity index is 1340. The van der Waals surface area contributed by atoms with Crippen LogP contribution in [0.25, 0.3) is 11.0 Å². The first-order valence-corrected chi connectivity index (χ1v) is 12.3. The van der Waals surface area contributed by atoms with Crippen molar-refractivity contribution < 1.29 is 9.59 Å². The number of hydrogen-bond acceptors (Lipinski definition) is 4. The third kappa shape index (κ3) is 5.79. The molecule has 0 saturated heterocycles. The number of anilines is 1. The molecule has 4 aromatic rings. The van der Waals surface area contributed by atoms with Crippen LogP contribution in [0.15, 0.2) is 72.8 Å². The molecule has 0 saturated carbocycles. The summed E-state index contributed by atoms with van der Waals surface area (Å²) in [6.07, 6.45) is 0.857. The Hall–Kier alpha value is -4.00. The van der Waals surface area contributed by atoms with Gasteiger partial charge in [0.25, 0.3) is 0 Å². The summed E-state index contributed by atoms with van der Waals surface area (Å²) in [7, 11) is 0. The van der Waals surface area contributed by atoms with Crippen molar-refractivity contribution in [2.24, 2.45) is 5.92 Å². The van der Waals surface area contributed by atoms with Crippen molar-refractivity contribution >= 4 is 28.5 Å². The van der Waals surface area contributed by atoms with Crippen molar-refractivity contribution in [3.8, 4) is 0 Å². The maximum absolute atomic E-state index is 14.0. The van der Waals surface area contributed by atoms with Crippen LogP contribution in [0.2, 0.25) is 0 Å². The van der Waals surface area contributed by atoms with Crippen LogP contribution in [0.1, 0.15) is 43.0 Å². The van der Waals surface area contributed by atoms with E-state index in [1.54, 1.807) is 9.58 Å². The fraction of sp³-hybridized carbons (Fsp3) is 0.310. The smallest absolute Gasteiger partial charge is 0.249 e. The minimum atomic E-state index is -0.832. The number of fused-ring (bicyclic) bond motifs is 1. The summed E-state index contributed by atoms with van der Waals surface area (Å²) in [6.45, 7) is 8.71. The maximum atomic E-state index is 14.0. The molecule has 1 N–H and O–H groups in total. The molecule has 36 heavy (non-hydrogen) atoms. The lowest BCUT2D eigenvalue weighted by Crippen LogP contribution is -2.45. The molecule has 0 fully saturated rings. The van der Waals surface area contributed by atoms with Gasteiger partial charge in [0.05, 0.1) is 5.52 Å². The lowest BCUT2D eigenvalue weighted by atomic mass is 10.0. The lowest BCUT2D eigenvalue weighted by Gasteiger charge is -2.32. The van der Waals surface area contributed by atoms with Gasteiger partial charge in [-0.2, -0.15) is 0 Å². The van der Waals surface area contributed by atoms with Gasteiger partial charge in [0, 0.05) is 12.2 Å². The Labute approximate surface area is 212 Å². The van der Waals surface area contributed by atoms with Crippen LogP contribution in [-0.2, 0) is 16.1 Å². The number of nitrogens with one attached hydrogen (secondary N) is 1. The van der Waals surface area contributed by atoms with Gasteiger partial charge in [-0.3, -0.25) is 14.5 Å². The quantitative estimate of drug-likeness (QED) is 0.364. The van der Waals surface area contributed by atoms with Gasteiger partial charge in [-0.05, 0) is 61.6 Å². The molecule has 3 aromatic carbocycles. The van der Waals surface area contributed by atoms with E-state index in [9.17, 15) is 9.59 Å². The first kappa shape index (κ1) is 25.1. The Balaban J connectivity index is 1.76. The average Bonchev–Trinajstić information content (AvgIpc) is 3.25. The molecule has 0 aliphatic heterocycles. The van der Waals surface area contributed by atoms with E-state index in [4.69, 9.17) is 0 Å². The van der Waals surface area contributed by atoms with Gasteiger partial charge in [0.15, 0.2) is 0 Å². The Morgan fingerprint density at radius 2 is 1.69 bits per heavy atom. The number of hydrogen-bond donors (Lipinski definition) is 1. The topological polar surface area (TPSA) is 80.1 Å². The fourth-order valence-corrected chi connectivity index (χ4v) is 4.20. The Kier molecular flexibility index (Phi) is 7.78. The van der Waals surface area contributed by atoms with Gasteiger partial charge >= 0.3 is 0 Å². The van der Waals surface area contributed by atoms with E-state index in [0.29, 0.717) is 23.7 Å². The molecule has 7 heteroatoms. The zero-order valence-corrected chi connectivity index (χ0v) is 21.3. The van der Waals surface area contributed by atoms with E-state index in [2.05, 4.69) is 29.5 Å². The van der Waals surface area contributed by atoms with E-state index in [1.165, 1.54) is 0 Å². The van der Waals surface area contributed by atoms with E-state index in [-0.39, 0.29) is 18.4 Å². The third-order valence-electron chi connectivity index (χ3n) is 6.17. The average molecular weight is 484 g/mol. The second-order valence-corrected chi connectivity index (χ2v) is 9.63. The Morgan fingerprint density at radius 1 is 0.944 bits per heavy atom. The molecule has 1 heterocycles. The molecule has 0 unspecified atom stereocenters. The standard InChI is InChI=1S/C29H33N5O2/c1-20(2)16-17-30-29(36)28(23-14-12-21(3)13-15-23)34(24-9-7-8-22(4)18-24)27(35)19-33-26-11-6-5-10-25(26)31-32-33/h5-15,18,20,28H,16-17,19H2,1-4H3,(H,30,36)/t28-/m1/s1. The van der Waals surface area contributed by atoms with Gasteiger partial charge in [-0.25, -0.2) is 4.68 Å². The molecular formula is C29H33N5O2. The number of aromatic nitrogens is 3. The monoisotopic (exact) mass is 483 g/mol. The molecule has 2 amide bonds. The van der Waals surface area contributed by atoms with Gasteiger partial charge in [-0.1, -0.05) is 73.2 Å². The normalized spacial score (nSPS) is 12.0. The molecular weight excluding hydrogens is 450 g/mol. The van der Waals surface area contributed by atoms with Crippen molar-refractivity contribution in [2.75, 3.05) is 11.4 Å². The molecule has 1 aromatic heterocycles. The number of carbonyl (C=O) groups excluding carboxylic acids is 2. The fourth-order valence-electron chi connectivity index (χ4n) is 4.20. The second-order valence-electron chi connectivity index (χ2n) is 9.63. The van der Waals surface area contributed by atoms with Crippen molar-refractivity contribution in [1.82, 2.24) is 20.3 Å². The minimum absolute atomic E-state index is 0.0455. The molecule has 4 rings (SSSR count). The molecule has 186 valence electrons. The maximum Gasteiger partial charge on any atom is 0.249 e. The van der Waals surface area contributed by atoms with Crippen LogP contribution in [0.4, 0.5) is 5.69 Å². The summed E-state index contributed by atoms with van der Waals surface area (Å²) < 4.78 is 1.59. The van der Waals surface area contributed by atoms with Crippen molar-refractivity contribution in [3.05, 3.63) is 89.5 Å². The van der Waals surface area contributed by atoms with Gasteiger partial charge < -0.3 is 5.32 Å². The van der Waals surface area contributed by atoms with Crippen LogP contribution < -0.4 is 10.2 Å². The minimum Gasteiger partial charge on any atom is -0.354 e. The summed E-state index contributed by atoms with van der Waals surface area (Å²) in [5.41, 5.74) is 4.98. The van der Waals surface area contributed by atoms with Crippen molar-refractivity contribution in [1.29, 1.82) is 0 Å². The summed E-state index contributed by atoms with van der Waals surface area (Å²) >= 11 is 0. The highest BCUT2D eigenvalue weighted by Crippen LogP contribution is 2.30. The van der Waals surface area contributed by atoms with Crippen molar-refractivity contribution in [3.63, 3.8) is 0 Å². The lowest BCUT2D eigenvalue weighted by molar-refractivity contribution is -0.127. The van der Waals surface area contributed by atoms with E-state index in [1.807, 2.05) is 86.6 Å². The highest BCUT2D eigenvalue weighted by Gasteiger charge is 2.33. The molecule has 0 spiro atoms. The molecule has 7 nitrogen and oxygen atoms in total. The molecule has 0 aliphatic rings. The van der Waals surface area contributed by atoms with Gasteiger partial charge in [-0.15, -0.1) is 5.10 Å². The largest absolute Gasteiger partial charge is 0.354 e. The van der Waals surface area contributed by atoms with Crippen LogP contribution in [-0.4, -0.2) is 33.4 Å². The van der Waals surface area contributed by atoms with Gasteiger partial charge in [0.2, 0.25) is 11.8 Å². The summed E-state index contributed by atoms with van der Waals surface area (Å²) in [4.78, 5) is 29.3. The number of rotatable bonds is 9. The third-order valence-corrected chi connectivity index (χ3v) is 6.17. The zero-order chi connectivity index (χ0) is 25.7. The second kappa shape index (κ2) is 11.2. The van der Waals surface area contributed by atoms with E-state index < -0.39 is 6.04 Å². The molecule has 0 aliphatic carbocycles. The number of nitrogens with zero attached hydrogens (tertiary/aromatic N) is 4.